The average molecular weight is 390 g/mol. The minimum Gasteiger partial charge on any atom is -0.342 e. The highest BCUT2D eigenvalue weighted by Crippen LogP contribution is 2.21. The van der Waals surface area contributed by atoms with Gasteiger partial charge in [-0.3, -0.25) is 14.5 Å². The van der Waals surface area contributed by atoms with Gasteiger partial charge in [0.15, 0.2) is 0 Å². The quantitative estimate of drug-likeness (QED) is 0.871. The standard InChI is InChI=1S/C19H20ClN3O2S/c20-15-3-1-13(2-4-15)9-16-19(25)23-7-6-22(10-14-5-8-26-12-14)11-17(23)18(24)21-16/h1-5,8,12,16-17H,6-7,9-11H2,(H,21,24)/t16-,17+/m0/s1. The molecule has 7 heteroatoms. The number of thiophene rings is 1. The predicted octanol–water partition coefficient (Wildman–Crippen LogP) is 2.16. The lowest BCUT2D eigenvalue weighted by molar-refractivity contribution is -0.153. The molecular formula is C19H20ClN3O2S. The highest BCUT2D eigenvalue weighted by molar-refractivity contribution is 7.07. The Morgan fingerprint density at radius 1 is 1.12 bits per heavy atom. The van der Waals surface area contributed by atoms with E-state index in [0.717, 1.165) is 18.7 Å². The van der Waals surface area contributed by atoms with Crippen LogP contribution in [0.1, 0.15) is 11.1 Å². The van der Waals surface area contributed by atoms with Gasteiger partial charge in [-0.15, -0.1) is 0 Å². The molecule has 0 aliphatic carbocycles. The number of benzene rings is 1. The molecule has 5 nitrogen and oxygen atoms in total. The molecule has 2 atom stereocenters. The summed E-state index contributed by atoms with van der Waals surface area (Å²) in [4.78, 5) is 29.5. The smallest absolute Gasteiger partial charge is 0.246 e. The molecule has 4 rings (SSSR count). The van der Waals surface area contributed by atoms with Crippen molar-refractivity contribution in [3.05, 3.63) is 57.2 Å². The van der Waals surface area contributed by atoms with Crippen molar-refractivity contribution in [2.45, 2.75) is 25.0 Å². The van der Waals surface area contributed by atoms with Gasteiger partial charge in [0.25, 0.3) is 0 Å². The molecule has 2 fully saturated rings. The van der Waals surface area contributed by atoms with Gasteiger partial charge < -0.3 is 10.2 Å². The third-order valence-corrected chi connectivity index (χ3v) is 5.99. The number of hydrogen-bond donors (Lipinski definition) is 1. The zero-order valence-corrected chi connectivity index (χ0v) is 15.8. The number of nitrogens with zero attached hydrogens (tertiary/aromatic N) is 2. The summed E-state index contributed by atoms with van der Waals surface area (Å²) in [6.45, 7) is 2.79. The van der Waals surface area contributed by atoms with Crippen molar-refractivity contribution in [3.63, 3.8) is 0 Å². The first-order valence-corrected chi connectivity index (χ1v) is 10.0. The van der Waals surface area contributed by atoms with E-state index in [-0.39, 0.29) is 11.8 Å². The van der Waals surface area contributed by atoms with Crippen LogP contribution < -0.4 is 5.32 Å². The van der Waals surface area contributed by atoms with Crippen molar-refractivity contribution in [1.29, 1.82) is 0 Å². The lowest BCUT2D eigenvalue weighted by Gasteiger charge is -2.45. The van der Waals surface area contributed by atoms with Crippen LogP contribution in [0.3, 0.4) is 0 Å². The first kappa shape index (κ1) is 17.5. The molecule has 26 heavy (non-hydrogen) atoms. The second-order valence-corrected chi connectivity index (χ2v) is 8.02. The van der Waals surface area contributed by atoms with Crippen LogP contribution in [0.5, 0.6) is 0 Å². The summed E-state index contributed by atoms with van der Waals surface area (Å²) in [5.74, 6) is -0.0432. The van der Waals surface area contributed by atoms with E-state index >= 15 is 0 Å². The number of hydrogen-bond acceptors (Lipinski definition) is 4. The molecule has 0 spiro atoms. The Kier molecular flexibility index (Phi) is 4.98. The van der Waals surface area contributed by atoms with E-state index in [1.165, 1.54) is 5.56 Å². The minimum absolute atomic E-state index is 0.0136. The van der Waals surface area contributed by atoms with Crippen LogP contribution >= 0.6 is 22.9 Å². The number of rotatable bonds is 4. The van der Waals surface area contributed by atoms with E-state index in [4.69, 9.17) is 11.6 Å². The second kappa shape index (κ2) is 7.39. The highest BCUT2D eigenvalue weighted by Gasteiger charge is 2.43. The second-order valence-electron chi connectivity index (χ2n) is 6.81. The molecule has 0 radical (unpaired) electrons. The van der Waals surface area contributed by atoms with Crippen LogP contribution in [0.4, 0.5) is 0 Å². The third kappa shape index (κ3) is 3.63. The van der Waals surface area contributed by atoms with Crippen LogP contribution in [0.25, 0.3) is 0 Å². The lowest BCUT2D eigenvalue weighted by Crippen LogP contribution is -2.69. The first-order chi connectivity index (χ1) is 12.6. The van der Waals surface area contributed by atoms with E-state index in [1.54, 1.807) is 28.4 Å². The van der Waals surface area contributed by atoms with Gasteiger partial charge in [-0.05, 0) is 40.1 Å². The van der Waals surface area contributed by atoms with Crippen LogP contribution in [0, 0.1) is 0 Å². The largest absolute Gasteiger partial charge is 0.342 e. The average Bonchev–Trinajstić information content (AvgIpc) is 3.14. The molecule has 0 unspecified atom stereocenters. The molecule has 3 heterocycles. The Labute approximate surface area is 161 Å². The Morgan fingerprint density at radius 3 is 2.65 bits per heavy atom. The van der Waals surface area contributed by atoms with Crippen molar-refractivity contribution in [2.75, 3.05) is 19.6 Å². The molecule has 2 aliphatic heterocycles. The van der Waals surface area contributed by atoms with Crippen LogP contribution in [0.15, 0.2) is 41.1 Å². The van der Waals surface area contributed by atoms with Crippen molar-refractivity contribution < 1.29 is 9.59 Å². The minimum atomic E-state index is -0.497. The SMILES string of the molecule is O=C1N[C@@H](Cc2ccc(Cl)cc2)C(=O)N2CCN(Cc3ccsc3)C[C@H]12. The Morgan fingerprint density at radius 2 is 1.92 bits per heavy atom. The van der Waals surface area contributed by atoms with Gasteiger partial charge in [0.1, 0.15) is 12.1 Å². The van der Waals surface area contributed by atoms with Crippen molar-refractivity contribution in [3.8, 4) is 0 Å². The number of carbonyl (C=O) groups excluding carboxylic acids is 2. The van der Waals surface area contributed by atoms with E-state index in [2.05, 4.69) is 27.0 Å². The van der Waals surface area contributed by atoms with Crippen molar-refractivity contribution >= 4 is 34.8 Å². The Hall–Kier alpha value is -1.89. The monoisotopic (exact) mass is 389 g/mol. The fraction of sp³-hybridized carbons (Fsp3) is 0.368. The molecule has 2 aliphatic rings. The van der Waals surface area contributed by atoms with Gasteiger partial charge in [-0.1, -0.05) is 23.7 Å². The maximum atomic E-state index is 12.9. The molecule has 0 bridgehead atoms. The predicted molar refractivity (Wildman–Crippen MR) is 102 cm³/mol. The number of fused-ring (bicyclic) bond motifs is 1. The molecule has 1 aromatic heterocycles. The molecule has 0 saturated carbocycles. The van der Waals surface area contributed by atoms with E-state index in [9.17, 15) is 9.59 Å². The summed E-state index contributed by atoms with van der Waals surface area (Å²) in [5, 5.41) is 7.77. The van der Waals surface area contributed by atoms with Gasteiger partial charge in [0.2, 0.25) is 11.8 Å². The summed E-state index contributed by atoms with van der Waals surface area (Å²) < 4.78 is 0. The van der Waals surface area contributed by atoms with Gasteiger partial charge in [0, 0.05) is 37.6 Å². The van der Waals surface area contributed by atoms with Crippen molar-refractivity contribution in [1.82, 2.24) is 15.1 Å². The molecule has 2 amide bonds. The van der Waals surface area contributed by atoms with E-state index in [1.807, 2.05) is 12.1 Å². The number of nitrogens with one attached hydrogen (secondary N) is 1. The molecule has 2 aromatic rings. The Bertz CT molecular complexity index is 794. The summed E-state index contributed by atoms with van der Waals surface area (Å²) in [6.07, 6.45) is 0.490. The fourth-order valence-electron chi connectivity index (χ4n) is 3.64. The Balaban J connectivity index is 1.42. The van der Waals surface area contributed by atoms with Gasteiger partial charge in [-0.25, -0.2) is 0 Å². The maximum Gasteiger partial charge on any atom is 0.246 e. The molecule has 136 valence electrons. The normalized spacial score (nSPS) is 23.7. The highest BCUT2D eigenvalue weighted by atomic mass is 35.5. The third-order valence-electron chi connectivity index (χ3n) is 5.00. The summed E-state index contributed by atoms with van der Waals surface area (Å²) in [6, 6.07) is 8.61. The van der Waals surface area contributed by atoms with E-state index < -0.39 is 12.1 Å². The first-order valence-electron chi connectivity index (χ1n) is 8.69. The maximum absolute atomic E-state index is 12.9. The lowest BCUT2D eigenvalue weighted by atomic mass is 9.98. The van der Waals surface area contributed by atoms with Crippen LogP contribution in [-0.2, 0) is 22.6 Å². The van der Waals surface area contributed by atoms with Crippen molar-refractivity contribution in [2.24, 2.45) is 0 Å². The van der Waals surface area contributed by atoms with Crippen LogP contribution in [0.2, 0.25) is 5.02 Å². The number of carbonyl (C=O) groups is 2. The van der Waals surface area contributed by atoms with Gasteiger partial charge in [-0.2, -0.15) is 11.3 Å². The molecule has 1 N–H and O–H groups in total. The zero-order valence-electron chi connectivity index (χ0n) is 14.2. The van der Waals surface area contributed by atoms with Gasteiger partial charge >= 0.3 is 0 Å². The zero-order chi connectivity index (χ0) is 18.1. The number of amides is 2. The molecule has 1 aromatic carbocycles. The summed E-state index contributed by atoms with van der Waals surface area (Å²) >= 11 is 7.59. The molecule has 2 saturated heterocycles. The molecular weight excluding hydrogens is 370 g/mol. The summed E-state index contributed by atoms with van der Waals surface area (Å²) in [5.41, 5.74) is 2.24. The number of halogens is 1. The fourth-order valence-corrected chi connectivity index (χ4v) is 4.42. The topological polar surface area (TPSA) is 52.7 Å². The summed E-state index contributed by atoms with van der Waals surface area (Å²) in [7, 11) is 0. The number of piperazine rings is 2. The van der Waals surface area contributed by atoms with E-state index in [0.29, 0.717) is 24.5 Å². The van der Waals surface area contributed by atoms with Gasteiger partial charge in [0.05, 0.1) is 0 Å². The van der Waals surface area contributed by atoms with Crippen LogP contribution in [-0.4, -0.2) is 53.3 Å².